The van der Waals surface area contributed by atoms with E-state index >= 15 is 0 Å². The van der Waals surface area contributed by atoms with Gasteiger partial charge >= 0.3 is 0 Å². The number of nitrogens with zero attached hydrogens (tertiary/aromatic N) is 3. The third-order valence-electron chi connectivity index (χ3n) is 2.63. The summed E-state index contributed by atoms with van der Waals surface area (Å²) in [6.45, 7) is 0.397. The molecule has 8 nitrogen and oxygen atoms in total. The monoisotopic (exact) mass is 274 g/mol. The van der Waals surface area contributed by atoms with Crippen molar-refractivity contribution in [1.29, 1.82) is 0 Å². The van der Waals surface area contributed by atoms with E-state index in [2.05, 4.69) is 15.6 Å². The predicted octanol–water partition coefficient (Wildman–Crippen LogP) is -0.375. The van der Waals surface area contributed by atoms with Crippen molar-refractivity contribution >= 4 is 17.5 Å². The van der Waals surface area contributed by atoms with Gasteiger partial charge in [0, 0.05) is 30.1 Å². The average Bonchev–Trinajstić information content (AvgIpc) is 2.81. The lowest BCUT2D eigenvalue weighted by molar-refractivity contribution is 0.0999. The standard InChI is InChI=1S/C12H14N6O2/c1-18-6-10(16-17-18)5-15-9-3-7(11(13)19)2-8(4-9)12(14)20/h2-4,6,15H,5H2,1H3,(H2,13,19)(H2,14,20). The van der Waals surface area contributed by atoms with Gasteiger partial charge in [-0.2, -0.15) is 0 Å². The number of nitrogens with one attached hydrogen (secondary N) is 1. The van der Waals surface area contributed by atoms with Crippen molar-refractivity contribution < 1.29 is 9.59 Å². The number of rotatable bonds is 5. The van der Waals surface area contributed by atoms with Crippen LogP contribution in [-0.2, 0) is 13.6 Å². The summed E-state index contributed by atoms with van der Waals surface area (Å²) in [5, 5.41) is 10.7. The van der Waals surface area contributed by atoms with Gasteiger partial charge in [-0.25, -0.2) is 0 Å². The van der Waals surface area contributed by atoms with Gasteiger partial charge in [0.1, 0.15) is 5.69 Å². The minimum Gasteiger partial charge on any atom is -0.379 e. The lowest BCUT2D eigenvalue weighted by Crippen LogP contribution is -2.16. The van der Waals surface area contributed by atoms with Crippen LogP contribution in [0.2, 0.25) is 0 Å². The third kappa shape index (κ3) is 3.10. The Morgan fingerprint density at radius 1 is 1.20 bits per heavy atom. The lowest BCUT2D eigenvalue weighted by Gasteiger charge is -2.08. The van der Waals surface area contributed by atoms with Gasteiger partial charge in [-0.1, -0.05) is 5.21 Å². The molecule has 5 N–H and O–H groups in total. The van der Waals surface area contributed by atoms with Crippen LogP contribution in [-0.4, -0.2) is 26.8 Å². The topological polar surface area (TPSA) is 129 Å². The maximum absolute atomic E-state index is 11.2. The molecular weight excluding hydrogens is 260 g/mol. The fourth-order valence-electron chi connectivity index (χ4n) is 1.68. The molecule has 0 aliphatic carbocycles. The van der Waals surface area contributed by atoms with Gasteiger partial charge in [0.15, 0.2) is 0 Å². The molecule has 2 rings (SSSR count). The number of nitrogens with two attached hydrogens (primary N) is 2. The lowest BCUT2D eigenvalue weighted by atomic mass is 10.1. The van der Waals surface area contributed by atoms with E-state index in [1.54, 1.807) is 30.1 Å². The maximum atomic E-state index is 11.2. The molecule has 1 aromatic carbocycles. The molecule has 1 heterocycles. The van der Waals surface area contributed by atoms with Gasteiger partial charge in [0.25, 0.3) is 0 Å². The van der Waals surface area contributed by atoms with Crippen LogP contribution in [0.15, 0.2) is 24.4 Å². The highest BCUT2D eigenvalue weighted by atomic mass is 16.1. The summed E-state index contributed by atoms with van der Waals surface area (Å²) in [5.41, 5.74) is 12.1. The molecule has 0 aliphatic heterocycles. The highest BCUT2D eigenvalue weighted by molar-refractivity contribution is 5.99. The second kappa shape index (κ2) is 5.39. The largest absolute Gasteiger partial charge is 0.379 e. The van der Waals surface area contributed by atoms with E-state index in [4.69, 9.17) is 11.5 Å². The molecular formula is C12H14N6O2. The highest BCUT2D eigenvalue weighted by Gasteiger charge is 2.09. The molecule has 8 heteroatoms. The number of carbonyl (C=O) groups excluding carboxylic acids is 2. The predicted molar refractivity (Wildman–Crippen MR) is 71.8 cm³/mol. The molecule has 0 aliphatic rings. The SMILES string of the molecule is Cn1cc(CNc2cc(C(N)=O)cc(C(N)=O)c2)nn1. The summed E-state index contributed by atoms with van der Waals surface area (Å²) in [5.74, 6) is -1.26. The molecule has 0 atom stereocenters. The Kier molecular flexibility index (Phi) is 3.65. The van der Waals surface area contributed by atoms with E-state index in [-0.39, 0.29) is 11.1 Å². The van der Waals surface area contributed by atoms with Crippen LogP contribution < -0.4 is 16.8 Å². The van der Waals surface area contributed by atoms with Gasteiger partial charge in [0.05, 0.1) is 6.54 Å². The van der Waals surface area contributed by atoms with Crippen molar-refractivity contribution in [2.45, 2.75) is 6.54 Å². The molecule has 0 saturated carbocycles. The van der Waals surface area contributed by atoms with Crippen LogP contribution in [0.4, 0.5) is 5.69 Å². The van der Waals surface area contributed by atoms with Crippen LogP contribution in [0.1, 0.15) is 26.4 Å². The Morgan fingerprint density at radius 3 is 2.25 bits per heavy atom. The fourth-order valence-corrected chi connectivity index (χ4v) is 1.68. The molecule has 20 heavy (non-hydrogen) atoms. The Morgan fingerprint density at radius 2 is 1.80 bits per heavy atom. The minimum absolute atomic E-state index is 0.211. The van der Waals surface area contributed by atoms with Crippen LogP contribution >= 0.6 is 0 Å². The number of hydrogen-bond donors (Lipinski definition) is 3. The number of anilines is 1. The minimum atomic E-state index is -0.629. The first-order valence-electron chi connectivity index (χ1n) is 5.79. The fraction of sp³-hybridized carbons (Fsp3) is 0.167. The first-order chi connectivity index (χ1) is 9.45. The molecule has 0 unspecified atom stereocenters. The second-order valence-electron chi connectivity index (χ2n) is 4.26. The number of carbonyl (C=O) groups is 2. The average molecular weight is 274 g/mol. The maximum Gasteiger partial charge on any atom is 0.248 e. The quantitative estimate of drug-likeness (QED) is 0.684. The third-order valence-corrected chi connectivity index (χ3v) is 2.63. The zero-order chi connectivity index (χ0) is 14.7. The Balaban J connectivity index is 2.21. The molecule has 2 amide bonds. The second-order valence-corrected chi connectivity index (χ2v) is 4.26. The Labute approximate surface area is 114 Å². The first-order valence-corrected chi connectivity index (χ1v) is 5.79. The summed E-state index contributed by atoms with van der Waals surface area (Å²) < 4.78 is 1.58. The molecule has 104 valence electrons. The van der Waals surface area contributed by atoms with Crippen LogP contribution in [0.3, 0.4) is 0 Å². The summed E-state index contributed by atoms with van der Waals surface area (Å²) >= 11 is 0. The van der Waals surface area contributed by atoms with E-state index in [1.165, 1.54) is 6.07 Å². The normalized spacial score (nSPS) is 10.2. The van der Waals surface area contributed by atoms with E-state index < -0.39 is 11.8 Å². The van der Waals surface area contributed by atoms with Gasteiger partial charge in [-0.3, -0.25) is 14.3 Å². The van der Waals surface area contributed by atoms with E-state index in [0.29, 0.717) is 12.2 Å². The van der Waals surface area contributed by atoms with Crippen molar-refractivity contribution in [3.63, 3.8) is 0 Å². The van der Waals surface area contributed by atoms with Gasteiger partial charge in [0.2, 0.25) is 11.8 Å². The number of hydrogen-bond acceptors (Lipinski definition) is 5. The summed E-state index contributed by atoms with van der Waals surface area (Å²) in [6, 6.07) is 4.45. The van der Waals surface area contributed by atoms with E-state index in [0.717, 1.165) is 5.69 Å². The summed E-state index contributed by atoms with van der Waals surface area (Å²) in [6.07, 6.45) is 1.75. The number of aromatic nitrogens is 3. The van der Waals surface area contributed by atoms with Crippen molar-refractivity contribution in [3.8, 4) is 0 Å². The zero-order valence-corrected chi connectivity index (χ0v) is 10.8. The van der Waals surface area contributed by atoms with Crippen LogP contribution in [0.5, 0.6) is 0 Å². The molecule has 1 aromatic heterocycles. The molecule has 2 aromatic rings. The summed E-state index contributed by atoms with van der Waals surface area (Å²) in [4.78, 5) is 22.4. The Bertz CT molecular complexity index is 631. The molecule has 0 spiro atoms. The molecule has 0 radical (unpaired) electrons. The van der Waals surface area contributed by atoms with Crippen molar-refractivity contribution in [3.05, 3.63) is 41.2 Å². The van der Waals surface area contributed by atoms with Crippen molar-refractivity contribution in [2.24, 2.45) is 18.5 Å². The Hall–Kier alpha value is -2.90. The smallest absolute Gasteiger partial charge is 0.248 e. The number of amides is 2. The van der Waals surface area contributed by atoms with Crippen molar-refractivity contribution in [2.75, 3.05) is 5.32 Å². The zero-order valence-electron chi connectivity index (χ0n) is 10.8. The van der Waals surface area contributed by atoms with Gasteiger partial charge < -0.3 is 16.8 Å². The van der Waals surface area contributed by atoms with E-state index in [9.17, 15) is 9.59 Å². The number of benzene rings is 1. The van der Waals surface area contributed by atoms with Gasteiger partial charge in [-0.15, -0.1) is 5.10 Å². The van der Waals surface area contributed by atoms with Crippen LogP contribution in [0, 0.1) is 0 Å². The highest BCUT2D eigenvalue weighted by Crippen LogP contribution is 2.15. The number of primary amides is 2. The van der Waals surface area contributed by atoms with E-state index in [1.807, 2.05) is 0 Å². The first kappa shape index (κ1) is 13.5. The van der Waals surface area contributed by atoms with Crippen molar-refractivity contribution in [1.82, 2.24) is 15.0 Å². The molecule has 0 fully saturated rings. The summed E-state index contributed by atoms with van der Waals surface area (Å²) in [7, 11) is 1.76. The van der Waals surface area contributed by atoms with Crippen LogP contribution in [0.25, 0.3) is 0 Å². The number of aryl methyl sites for hydroxylation is 1. The molecule has 0 saturated heterocycles. The van der Waals surface area contributed by atoms with Gasteiger partial charge in [-0.05, 0) is 18.2 Å². The molecule has 0 bridgehead atoms.